The molecule has 126 valence electrons. The van der Waals surface area contributed by atoms with E-state index in [9.17, 15) is 9.59 Å². The molecule has 1 N–H and O–H groups in total. The number of amides is 1. The number of ether oxygens (including phenoxy) is 1. The predicted octanol–water partition coefficient (Wildman–Crippen LogP) is 4.16. The average molecular weight is 366 g/mol. The number of halogens is 2. The van der Waals surface area contributed by atoms with Crippen LogP contribution in [0.5, 0.6) is 0 Å². The molecule has 0 radical (unpaired) electrons. The zero-order valence-corrected chi connectivity index (χ0v) is 14.8. The summed E-state index contributed by atoms with van der Waals surface area (Å²) in [5.41, 5.74) is 2.19. The Morgan fingerprint density at radius 3 is 2.54 bits per heavy atom. The molecule has 6 heteroatoms. The van der Waals surface area contributed by atoms with Crippen LogP contribution in [0.4, 0.5) is 0 Å². The lowest BCUT2D eigenvalue weighted by molar-refractivity contribution is -0.146. The van der Waals surface area contributed by atoms with Gasteiger partial charge < -0.3 is 10.1 Å². The maximum atomic E-state index is 12.1. The lowest BCUT2D eigenvalue weighted by atomic mass is 10.1. The summed E-state index contributed by atoms with van der Waals surface area (Å²) in [6.07, 6.45) is 0. The topological polar surface area (TPSA) is 55.4 Å². The molecule has 0 bridgehead atoms. The van der Waals surface area contributed by atoms with Crippen LogP contribution in [-0.2, 0) is 16.1 Å². The highest BCUT2D eigenvalue weighted by molar-refractivity contribution is 6.42. The Bertz CT molecular complexity index is 762. The van der Waals surface area contributed by atoms with Gasteiger partial charge in [-0.2, -0.15) is 0 Å². The molecule has 0 aromatic heterocycles. The second kappa shape index (κ2) is 8.18. The first kappa shape index (κ1) is 18.3. The van der Waals surface area contributed by atoms with Gasteiger partial charge in [-0.1, -0.05) is 47.0 Å². The minimum Gasteiger partial charge on any atom is -0.459 e. The number of rotatable bonds is 5. The number of esters is 1. The molecule has 0 heterocycles. The first-order valence-electron chi connectivity index (χ1n) is 7.35. The van der Waals surface area contributed by atoms with Crippen LogP contribution >= 0.6 is 23.2 Å². The van der Waals surface area contributed by atoms with Crippen molar-refractivity contribution in [1.29, 1.82) is 0 Å². The van der Waals surface area contributed by atoms with Gasteiger partial charge in [0.05, 0.1) is 10.0 Å². The maximum absolute atomic E-state index is 12.1. The summed E-state index contributed by atoms with van der Waals surface area (Å²) in [6.45, 7) is 3.52. The summed E-state index contributed by atoms with van der Waals surface area (Å²) in [6, 6.07) is 11.4. The molecule has 0 aliphatic heterocycles. The van der Waals surface area contributed by atoms with Crippen molar-refractivity contribution in [1.82, 2.24) is 5.32 Å². The third kappa shape index (κ3) is 4.98. The van der Waals surface area contributed by atoms with E-state index < -0.39 is 12.0 Å². The Labute approximate surface area is 150 Å². The van der Waals surface area contributed by atoms with Crippen molar-refractivity contribution in [3.05, 3.63) is 69.2 Å². The number of hydrogen-bond donors (Lipinski definition) is 1. The van der Waals surface area contributed by atoms with Crippen molar-refractivity contribution in [2.24, 2.45) is 0 Å². The Morgan fingerprint density at radius 2 is 1.88 bits per heavy atom. The number of carbonyl (C=O) groups is 2. The minimum atomic E-state index is -0.763. The van der Waals surface area contributed by atoms with Gasteiger partial charge in [-0.05, 0) is 43.7 Å². The summed E-state index contributed by atoms with van der Waals surface area (Å²) < 4.78 is 5.19. The predicted molar refractivity (Wildman–Crippen MR) is 94.4 cm³/mol. The third-order valence-electron chi connectivity index (χ3n) is 3.35. The van der Waals surface area contributed by atoms with Crippen LogP contribution in [0.1, 0.15) is 28.4 Å². The highest BCUT2D eigenvalue weighted by Gasteiger charge is 2.18. The van der Waals surface area contributed by atoms with E-state index >= 15 is 0 Å². The van der Waals surface area contributed by atoms with Crippen molar-refractivity contribution in [3.8, 4) is 0 Å². The molecule has 0 saturated heterocycles. The molecule has 0 spiro atoms. The SMILES string of the molecule is Cc1cccc(C(=O)N[C@@H](C)C(=O)OCc2ccc(Cl)c(Cl)c2)c1. The van der Waals surface area contributed by atoms with Gasteiger partial charge in [-0.25, -0.2) is 4.79 Å². The molecule has 2 rings (SSSR count). The molecule has 0 fully saturated rings. The maximum Gasteiger partial charge on any atom is 0.328 e. The zero-order valence-electron chi connectivity index (χ0n) is 13.3. The van der Waals surface area contributed by atoms with Gasteiger partial charge in [0.1, 0.15) is 12.6 Å². The van der Waals surface area contributed by atoms with Gasteiger partial charge in [0.15, 0.2) is 0 Å². The van der Waals surface area contributed by atoms with Gasteiger partial charge >= 0.3 is 5.97 Å². The van der Waals surface area contributed by atoms with E-state index in [1.54, 1.807) is 43.3 Å². The van der Waals surface area contributed by atoms with Gasteiger partial charge in [0.25, 0.3) is 5.91 Å². The summed E-state index contributed by atoms with van der Waals surface area (Å²) in [5, 5.41) is 3.45. The van der Waals surface area contributed by atoms with E-state index in [1.165, 1.54) is 0 Å². The molecule has 0 aliphatic carbocycles. The largest absolute Gasteiger partial charge is 0.459 e. The third-order valence-corrected chi connectivity index (χ3v) is 4.09. The molecule has 0 saturated carbocycles. The van der Waals surface area contributed by atoms with Crippen molar-refractivity contribution < 1.29 is 14.3 Å². The molecule has 0 aliphatic rings. The van der Waals surface area contributed by atoms with Crippen molar-refractivity contribution in [3.63, 3.8) is 0 Å². The van der Waals surface area contributed by atoms with Gasteiger partial charge in [0.2, 0.25) is 0 Å². The molecule has 4 nitrogen and oxygen atoms in total. The standard InChI is InChI=1S/C18H17Cl2NO3/c1-11-4-3-5-14(8-11)17(22)21-12(2)18(23)24-10-13-6-7-15(19)16(20)9-13/h3-9,12H,10H2,1-2H3,(H,21,22)/t12-/m0/s1. The van der Waals surface area contributed by atoms with E-state index in [0.717, 1.165) is 11.1 Å². The van der Waals surface area contributed by atoms with E-state index in [-0.39, 0.29) is 12.5 Å². The van der Waals surface area contributed by atoms with E-state index in [1.807, 2.05) is 13.0 Å². The first-order chi connectivity index (χ1) is 11.4. The van der Waals surface area contributed by atoms with Crippen molar-refractivity contribution in [2.75, 3.05) is 0 Å². The molecular formula is C18H17Cl2NO3. The van der Waals surface area contributed by atoms with Gasteiger partial charge in [-0.15, -0.1) is 0 Å². The summed E-state index contributed by atoms with van der Waals surface area (Å²) >= 11 is 11.7. The van der Waals surface area contributed by atoms with Gasteiger partial charge in [-0.3, -0.25) is 4.79 Å². The number of hydrogen-bond acceptors (Lipinski definition) is 3. The van der Waals surface area contributed by atoms with Crippen molar-refractivity contribution >= 4 is 35.1 Å². The molecular weight excluding hydrogens is 349 g/mol. The highest BCUT2D eigenvalue weighted by Crippen LogP contribution is 2.22. The van der Waals surface area contributed by atoms with E-state index in [4.69, 9.17) is 27.9 Å². The monoisotopic (exact) mass is 365 g/mol. The second-order valence-electron chi connectivity index (χ2n) is 5.42. The molecule has 0 unspecified atom stereocenters. The summed E-state index contributed by atoms with van der Waals surface area (Å²) in [5.74, 6) is -0.847. The van der Waals surface area contributed by atoms with Crippen LogP contribution in [0.3, 0.4) is 0 Å². The molecule has 1 amide bonds. The van der Waals surface area contributed by atoms with Crippen molar-refractivity contribution in [2.45, 2.75) is 26.5 Å². The van der Waals surface area contributed by atoms with Gasteiger partial charge in [0, 0.05) is 5.56 Å². The molecule has 1 atom stereocenters. The Hall–Kier alpha value is -2.04. The molecule has 2 aromatic rings. The number of aryl methyl sites for hydroxylation is 1. The first-order valence-corrected chi connectivity index (χ1v) is 8.10. The number of benzene rings is 2. The fraction of sp³-hybridized carbons (Fsp3) is 0.222. The Morgan fingerprint density at radius 1 is 1.12 bits per heavy atom. The lowest BCUT2D eigenvalue weighted by Crippen LogP contribution is -2.39. The van der Waals surface area contributed by atoms with Crippen LogP contribution in [0.15, 0.2) is 42.5 Å². The summed E-state index contributed by atoms with van der Waals surface area (Å²) in [4.78, 5) is 24.1. The molecule has 24 heavy (non-hydrogen) atoms. The fourth-order valence-corrected chi connectivity index (χ4v) is 2.35. The number of carbonyl (C=O) groups excluding carboxylic acids is 2. The Balaban J connectivity index is 1.89. The molecule has 2 aromatic carbocycles. The van der Waals surface area contributed by atoms with E-state index in [0.29, 0.717) is 15.6 Å². The van der Waals surface area contributed by atoms with Crippen LogP contribution < -0.4 is 5.32 Å². The number of nitrogens with one attached hydrogen (secondary N) is 1. The fourth-order valence-electron chi connectivity index (χ4n) is 2.03. The zero-order chi connectivity index (χ0) is 17.7. The Kier molecular flexibility index (Phi) is 6.23. The quantitative estimate of drug-likeness (QED) is 0.809. The minimum absolute atomic E-state index is 0.0559. The second-order valence-corrected chi connectivity index (χ2v) is 6.24. The average Bonchev–Trinajstić information content (AvgIpc) is 2.55. The van der Waals surface area contributed by atoms with Crippen LogP contribution in [0, 0.1) is 6.92 Å². The lowest BCUT2D eigenvalue weighted by Gasteiger charge is -2.14. The van der Waals surface area contributed by atoms with E-state index in [2.05, 4.69) is 5.32 Å². The van der Waals surface area contributed by atoms with Crippen LogP contribution in [-0.4, -0.2) is 17.9 Å². The van der Waals surface area contributed by atoms with Crippen LogP contribution in [0.25, 0.3) is 0 Å². The smallest absolute Gasteiger partial charge is 0.328 e. The highest BCUT2D eigenvalue weighted by atomic mass is 35.5. The summed E-state index contributed by atoms with van der Waals surface area (Å²) in [7, 11) is 0. The van der Waals surface area contributed by atoms with Crippen LogP contribution in [0.2, 0.25) is 10.0 Å². The normalized spacial score (nSPS) is 11.7.